The summed E-state index contributed by atoms with van der Waals surface area (Å²) in [4.78, 5) is 2.49. The second-order valence-corrected chi connectivity index (χ2v) is 32.6. The summed E-state index contributed by atoms with van der Waals surface area (Å²) >= 11 is 0. The Hall–Kier alpha value is -6.93. The number of para-hydroxylation sites is 4. The molecule has 0 saturated heterocycles. The van der Waals surface area contributed by atoms with Gasteiger partial charge in [0, 0.05) is 44.1 Å². The summed E-state index contributed by atoms with van der Waals surface area (Å²) in [6.45, 7) is 24.0. The lowest BCUT2D eigenvalue weighted by atomic mass is 9.77. The zero-order valence-corrected chi connectivity index (χ0v) is 44.2. The average molecular weight is 944 g/mol. The molecule has 0 saturated carbocycles. The van der Waals surface area contributed by atoms with Gasteiger partial charge in [-0.2, -0.15) is 0 Å². The van der Waals surface area contributed by atoms with Gasteiger partial charge in [0.15, 0.2) is 5.58 Å². The molecule has 0 bridgehead atoms. The maximum atomic E-state index is 6.93. The van der Waals surface area contributed by atoms with Crippen LogP contribution in [0.2, 0.25) is 39.3 Å². The van der Waals surface area contributed by atoms with Crippen molar-refractivity contribution in [1.29, 1.82) is 0 Å². The van der Waals surface area contributed by atoms with Crippen LogP contribution in [0.4, 0.5) is 17.1 Å². The van der Waals surface area contributed by atoms with Crippen LogP contribution in [0.25, 0.3) is 76.2 Å². The fourth-order valence-corrected chi connectivity index (χ4v) is 13.9. The Bertz CT molecular complexity index is 3710. The molecule has 0 fully saturated rings. The molecule has 2 aromatic heterocycles. The number of hydrogen-bond acceptors (Lipinski definition) is 3. The molecule has 12 rings (SSSR count). The predicted octanol–water partition coefficient (Wildman–Crippen LogP) is 18.4. The molecule has 70 heavy (non-hydrogen) atoms. The molecule has 0 aliphatic carbocycles. The standard InChI is InChI=1S/C65H61NO2Si2/c1-39(2)54-37-56(61(41-25-29-43(30-26-41)69(5,6)7)53-21-15-19-50-45-17-11-13-23-59(45)67-64(50)53)49-34-33-48-55(40(3)4)38-58(52-36-35-47(54)62(49)63(48)52)66(42-27-31-44(32-28-42)70(8,9)10)57-22-16-20-51-46-18-12-14-24-60(46)68-65(51)57/h11-40,61H,1-10H3. The number of rotatable bonds is 10. The summed E-state index contributed by atoms with van der Waals surface area (Å²) in [5, 5.41) is 15.2. The largest absolute Gasteiger partial charge is 0.456 e. The molecule has 2 heterocycles. The van der Waals surface area contributed by atoms with Gasteiger partial charge in [0.25, 0.3) is 0 Å². The molecule has 1 atom stereocenters. The van der Waals surface area contributed by atoms with Crippen LogP contribution in [0, 0.1) is 0 Å². The van der Waals surface area contributed by atoms with Crippen LogP contribution < -0.4 is 15.3 Å². The molecule has 0 aliphatic heterocycles. The lowest BCUT2D eigenvalue weighted by molar-refractivity contribution is 0.661. The van der Waals surface area contributed by atoms with Crippen molar-refractivity contribution in [2.24, 2.45) is 0 Å². The third-order valence-corrected chi connectivity index (χ3v) is 19.4. The van der Waals surface area contributed by atoms with Crippen molar-refractivity contribution in [3.05, 3.63) is 198 Å². The van der Waals surface area contributed by atoms with E-state index in [2.05, 4.69) is 242 Å². The van der Waals surface area contributed by atoms with Crippen molar-refractivity contribution in [1.82, 2.24) is 0 Å². The minimum absolute atomic E-state index is 0.0990. The fraction of sp³-hybridized carbons (Fsp3) is 0.200. The maximum Gasteiger partial charge on any atom is 0.159 e. The first-order chi connectivity index (χ1) is 33.7. The topological polar surface area (TPSA) is 29.5 Å². The van der Waals surface area contributed by atoms with E-state index in [-0.39, 0.29) is 17.8 Å². The molecule has 5 heteroatoms. The molecular formula is C65H61NO2Si2. The molecule has 0 spiro atoms. The quantitative estimate of drug-likeness (QED) is 0.0777. The number of nitrogens with zero attached hydrogens (tertiary/aromatic N) is 1. The Kier molecular flexibility index (Phi) is 10.3. The Morgan fingerprint density at radius 1 is 0.371 bits per heavy atom. The van der Waals surface area contributed by atoms with E-state index < -0.39 is 16.1 Å². The first-order valence-electron chi connectivity index (χ1n) is 25.3. The number of hydrogen-bond donors (Lipinski definition) is 0. The van der Waals surface area contributed by atoms with E-state index in [9.17, 15) is 0 Å². The normalized spacial score (nSPS) is 13.2. The van der Waals surface area contributed by atoms with Crippen LogP contribution in [0.5, 0.6) is 0 Å². The van der Waals surface area contributed by atoms with Crippen molar-refractivity contribution in [2.45, 2.75) is 84.7 Å². The van der Waals surface area contributed by atoms with Gasteiger partial charge >= 0.3 is 0 Å². The van der Waals surface area contributed by atoms with Crippen LogP contribution >= 0.6 is 0 Å². The Morgan fingerprint density at radius 2 is 0.843 bits per heavy atom. The van der Waals surface area contributed by atoms with E-state index in [0.717, 1.165) is 60.9 Å². The summed E-state index contributed by atoms with van der Waals surface area (Å²) in [5.74, 6) is 0.434. The van der Waals surface area contributed by atoms with Crippen LogP contribution in [0.3, 0.4) is 0 Å². The molecule has 0 aliphatic rings. The molecule has 0 amide bonds. The highest BCUT2D eigenvalue weighted by Gasteiger charge is 2.30. The first-order valence-corrected chi connectivity index (χ1v) is 32.3. The number of anilines is 3. The minimum Gasteiger partial charge on any atom is -0.456 e. The predicted molar refractivity (Wildman–Crippen MR) is 307 cm³/mol. The number of benzene rings is 10. The van der Waals surface area contributed by atoms with Gasteiger partial charge in [-0.3, -0.25) is 0 Å². The van der Waals surface area contributed by atoms with Crippen LogP contribution in [0.15, 0.2) is 179 Å². The van der Waals surface area contributed by atoms with Crippen molar-refractivity contribution in [2.75, 3.05) is 4.90 Å². The highest BCUT2D eigenvalue weighted by Crippen LogP contribution is 2.52. The minimum atomic E-state index is -1.58. The van der Waals surface area contributed by atoms with E-state index in [4.69, 9.17) is 8.83 Å². The Balaban J connectivity index is 1.20. The summed E-state index contributed by atoms with van der Waals surface area (Å²) < 4.78 is 13.8. The molecule has 0 N–H and O–H groups in total. The zero-order chi connectivity index (χ0) is 48.4. The van der Waals surface area contributed by atoms with Crippen LogP contribution in [0.1, 0.15) is 73.3 Å². The molecule has 3 nitrogen and oxygen atoms in total. The van der Waals surface area contributed by atoms with E-state index in [0.29, 0.717) is 0 Å². The molecule has 1 unspecified atom stereocenters. The molecular weight excluding hydrogens is 883 g/mol. The monoisotopic (exact) mass is 943 g/mol. The third-order valence-electron chi connectivity index (χ3n) is 15.2. The van der Waals surface area contributed by atoms with Gasteiger partial charge in [-0.15, -0.1) is 0 Å². The Morgan fingerprint density at radius 3 is 1.43 bits per heavy atom. The molecule has 346 valence electrons. The summed E-state index contributed by atoms with van der Waals surface area (Å²) in [6, 6.07) is 64.1. The van der Waals surface area contributed by atoms with Gasteiger partial charge in [-0.05, 0) is 97.4 Å². The second kappa shape index (κ2) is 16.3. The van der Waals surface area contributed by atoms with E-state index in [1.807, 2.05) is 0 Å². The highest BCUT2D eigenvalue weighted by atomic mass is 28.3. The molecule has 10 aromatic carbocycles. The number of furan rings is 2. The summed E-state index contributed by atoms with van der Waals surface area (Å²) in [6.07, 6.45) is 0. The maximum absolute atomic E-state index is 6.93. The van der Waals surface area contributed by atoms with Crippen molar-refractivity contribution >= 4 is 120 Å². The lowest BCUT2D eigenvalue weighted by Gasteiger charge is -2.31. The van der Waals surface area contributed by atoms with Crippen LogP contribution in [-0.4, -0.2) is 16.1 Å². The SMILES string of the molecule is CC(C)c1cc(C(c2ccc([Si](C)(C)C)cc2)c2cccc3c2oc2ccccc23)c2ccc3c(C(C)C)cc(N(c4ccc([Si](C)(C)C)cc4)c4cccc5c4oc4ccccc45)c4ccc1c2c34. The van der Waals surface area contributed by atoms with E-state index in [1.165, 1.54) is 70.5 Å². The Labute approximate surface area is 413 Å². The number of fused-ring (bicyclic) bond motifs is 6. The second-order valence-electron chi connectivity index (χ2n) is 22.4. The van der Waals surface area contributed by atoms with Gasteiger partial charge in [-0.25, -0.2) is 0 Å². The van der Waals surface area contributed by atoms with Crippen molar-refractivity contribution in [3.8, 4) is 0 Å². The van der Waals surface area contributed by atoms with Gasteiger partial charge in [0.2, 0.25) is 0 Å². The highest BCUT2D eigenvalue weighted by molar-refractivity contribution is 6.89. The van der Waals surface area contributed by atoms with Crippen molar-refractivity contribution < 1.29 is 8.83 Å². The first kappa shape index (κ1) is 44.3. The fourth-order valence-electron chi connectivity index (χ4n) is 11.6. The average Bonchev–Trinajstić information content (AvgIpc) is 3.93. The van der Waals surface area contributed by atoms with E-state index >= 15 is 0 Å². The van der Waals surface area contributed by atoms with Gasteiger partial charge < -0.3 is 13.7 Å². The smallest absolute Gasteiger partial charge is 0.159 e. The lowest BCUT2D eigenvalue weighted by Crippen LogP contribution is -2.37. The van der Waals surface area contributed by atoms with Gasteiger partial charge in [-0.1, -0.05) is 211 Å². The summed E-state index contributed by atoms with van der Waals surface area (Å²) in [7, 11) is -3.15. The van der Waals surface area contributed by atoms with Crippen LogP contribution in [-0.2, 0) is 0 Å². The zero-order valence-electron chi connectivity index (χ0n) is 42.2. The molecule has 0 radical (unpaired) electrons. The molecule has 12 aromatic rings. The summed E-state index contributed by atoms with van der Waals surface area (Å²) in [5.41, 5.74) is 13.4. The van der Waals surface area contributed by atoms with E-state index in [1.54, 1.807) is 0 Å². The third kappa shape index (κ3) is 7.03. The van der Waals surface area contributed by atoms with Crippen molar-refractivity contribution in [3.63, 3.8) is 0 Å². The van der Waals surface area contributed by atoms with Gasteiger partial charge in [0.1, 0.15) is 16.7 Å². The van der Waals surface area contributed by atoms with Gasteiger partial charge in [0.05, 0.1) is 27.5 Å².